The van der Waals surface area contributed by atoms with Crippen molar-refractivity contribution in [3.8, 4) is 0 Å². The lowest BCUT2D eigenvalue weighted by Crippen LogP contribution is -2.30. The molecule has 27 heavy (non-hydrogen) atoms. The molecule has 6 nitrogen and oxygen atoms in total. The number of likely N-dealkylation sites (N-methyl/N-ethyl adjacent to an activating group) is 1. The zero-order chi connectivity index (χ0) is 19.8. The number of alkyl halides is 3. The van der Waals surface area contributed by atoms with E-state index in [2.05, 4.69) is 15.1 Å². The maximum atomic E-state index is 13.0. The van der Waals surface area contributed by atoms with Crippen LogP contribution in [-0.4, -0.2) is 37.8 Å². The molecule has 0 saturated heterocycles. The van der Waals surface area contributed by atoms with Crippen LogP contribution in [0.2, 0.25) is 0 Å². The van der Waals surface area contributed by atoms with Gasteiger partial charge in [0.2, 0.25) is 0 Å². The van der Waals surface area contributed by atoms with Crippen LogP contribution < -0.4 is 4.90 Å². The topological polar surface area (TPSA) is 66.5 Å². The molecule has 9 heteroatoms. The van der Waals surface area contributed by atoms with Crippen molar-refractivity contribution >= 4 is 11.6 Å². The highest BCUT2D eigenvalue weighted by atomic mass is 19.4. The fraction of sp³-hybridized carbons (Fsp3) is 0.389. The van der Waals surface area contributed by atoms with Crippen molar-refractivity contribution in [3.63, 3.8) is 0 Å². The Bertz CT molecular complexity index is 937. The number of aliphatic hydroxyl groups is 1. The second-order valence-corrected chi connectivity index (χ2v) is 6.37. The number of aryl methyl sites for hydroxylation is 2. The van der Waals surface area contributed by atoms with Crippen molar-refractivity contribution in [1.82, 2.24) is 19.6 Å². The maximum absolute atomic E-state index is 13.0. The summed E-state index contributed by atoms with van der Waals surface area (Å²) in [7, 11) is 0. The molecule has 0 spiro atoms. The summed E-state index contributed by atoms with van der Waals surface area (Å²) in [5.74, 6) is -0.966. The number of aromatic nitrogens is 4. The van der Waals surface area contributed by atoms with Gasteiger partial charge in [-0.3, -0.25) is 0 Å². The second-order valence-electron chi connectivity index (χ2n) is 6.37. The number of rotatable bonds is 5. The van der Waals surface area contributed by atoms with Crippen LogP contribution in [0.5, 0.6) is 0 Å². The fourth-order valence-corrected chi connectivity index (χ4v) is 2.80. The molecule has 2 aromatic heterocycles. The zero-order valence-electron chi connectivity index (χ0n) is 15.2. The Labute approximate surface area is 154 Å². The molecule has 0 saturated carbocycles. The molecule has 0 bridgehead atoms. The number of hydrogen-bond donors (Lipinski definition) is 1. The molecule has 0 aliphatic heterocycles. The molecular formula is C18H20F3N5O. The van der Waals surface area contributed by atoms with Crippen LogP contribution >= 0.6 is 0 Å². The van der Waals surface area contributed by atoms with Gasteiger partial charge in [0.15, 0.2) is 0 Å². The van der Waals surface area contributed by atoms with Gasteiger partial charge in [-0.15, -0.1) is 5.10 Å². The van der Waals surface area contributed by atoms with Crippen molar-refractivity contribution in [2.45, 2.75) is 33.1 Å². The van der Waals surface area contributed by atoms with E-state index in [4.69, 9.17) is 0 Å². The standard InChI is InChI=1S/C18H20F3N5O/c1-4-25(10-14(27)13-7-5-11(2)6-8-13)15-9-12(3)22-17-23-16(18(19,20)21)24-26(15)17/h5-9,14,27H,4,10H2,1-3H3. The second kappa shape index (κ2) is 7.15. The van der Waals surface area contributed by atoms with Crippen LogP contribution in [0.1, 0.15) is 35.7 Å². The van der Waals surface area contributed by atoms with Crippen LogP contribution in [0.25, 0.3) is 5.78 Å². The van der Waals surface area contributed by atoms with E-state index < -0.39 is 18.1 Å². The van der Waals surface area contributed by atoms with Gasteiger partial charge in [0, 0.05) is 24.8 Å². The van der Waals surface area contributed by atoms with Gasteiger partial charge >= 0.3 is 6.18 Å². The summed E-state index contributed by atoms with van der Waals surface area (Å²) in [6, 6.07) is 9.09. The lowest BCUT2D eigenvalue weighted by molar-refractivity contribution is -0.144. The number of fused-ring (bicyclic) bond motifs is 1. The minimum Gasteiger partial charge on any atom is -0.387 e. The highest BCUT2D eigenvalue weighted by Gasteiger charge is 2.37. The highest BCUT2D eigenvalue weighted by Crippen LogP contribution is 2.28. The van der Waals surface area contributed by atoms with Crippen LogP contribution in [0.15, 0.2) is 30.3 Å². The van der Waals surface area contributed by atoms with Crippen molar-refractivity contribution < 1.29 is 18.3 Å². The molecule has 1 unspecified atom stereocenters. The number of hydrogen-bond acceptors (Lipinski definition) is 5. The molecule has 3 aromatic rings. The first kappa shape index (κ1) is 19.1. The Kier molecular flexibility index (Phi) is 5.05. The molecule has 2 heterocycles. The lowest BCUT2D eigenvalue weighted by Gasteiger charge is -2.26. The van der Waals surface area contributed by atoms with Gasteiger partial charge in [-0.2, -0.15) is 22.7 Å². The van der Waals surface area contributed by atoms with Gasteiger partial charge in [-0.1, -0.05) is 29.8 Å². The van der Waals surface area contributed by atoms with Crippen molar-refractivity contribution in [2.24, 2.45) is 0 Å². The molecule has 0 amide bonds. The maximum Gasteiger partial charge on any atom is 0.453 e. The van der Waals surface area contributed by atoms with E-state index in [0.29, 0.717) is 18.1 Å². The minimum absolute atomic E-state index is 0.124. The van der Waals surface area contributed by atoms with Crippen LogP contribution in [0.4, 0.5) is 19.0 Å². The Balaban J connectivity index is 1.97. The summed E-state index contributed by atoms with van der Waals surface area (Å²) in [4.78, 5) is 9.28. The quantitative estimate of drug-likeness (QED) is 0.737. The molecule has 0 aliphatic rings. The van der Waals surface area contributed by atoms with Gasteiger partial charge in [0.1, 0.15) is 5.82 Å². The molecule has 1 atom stereocenters. The van der Waals surface area contributed by atoms with Gasteiger partial charge in [-0.25, -0.2) is 4.98 Å². The normalized spacial score (nSPS) is 13.1. The number of benzene rings is 1. The Morgan fingerprint density at radius 3 is 2.41 bits per heavy atom. The number of aliphatic hydroxyl groups excluding tert-OH is 1. The molecule has 1 N–H and O–H groups in total. The SMILES string of the molecule is CCN(CC(O)c1ccc(C)cc1)c1cc(C)nc2nc(C(F)(F)F)nn12. The first-order chi connectivity index (χ1) is 12.7. The molecule has 3 rings (SSSR count). The third kappa shape index (κ3) is 4.02. The largest absolute Gasteiger partial charge is 0.453 e. The summed E-state index contributed by atoms with van der Waals surface area (Å²) >= 11 is 0. The average molecular weight is 379 g/mol. The third-order valence-corrected chi connectivity index (χ3v) is 4.24. The summed E-state index contributed by atoms with van der Waals surface area (Å²) in [5, 5.41) is 14.1. The fourth-order valence-electron chi connectivity index (χ4n) is 2.80. The van der Waals surface area contributed by atoms with E-state index in [1.165, 1.54) is 0 Å². The molecule has 0 aliphatic carbocycles. The first-order valence-electron chi connectivity index (χ1n) is 8.50. The van der Waals surface area contributed by atoms with E-state index in [9.17, 15) is 18.3 Å². The number of anilines is 1. The summed E-state index contributed by atoms with van der Waals surface area (Å²) in [5.41, 5.74) is 2.32. The van der Waals surface area contributed by atoms with Crippen molar-refractivity contribution in [1.29, 1.82) is 0 Å². The van der Waals surface area contributed by atoms with Gasteiger partial charge in [0.05, 0.1) is 6.10 Å². The highest BCUT2D eigenvalue weighted by molar-refractivity contribution is 5.48. The van der Waals surface area contributed by atoms with Crippen molar-refractivity contribution in [2.75, 3.05) is 18.0 Å². The van der Waals surface area contributed by atoms with E-state index in [0.717, 1.165) is 15.6 Å². The number of halogens is 3. The molecule has 0 radical (unpaired) electrons. The third-order valence-electron chi connectivity index (χ3n) is 4.24. The first-order valence-corrected chi connectivity index (χ1v) is 8.50. The molecular weight excluding hydrogens is 359 g/mol. The smallest absolute Gasteiger partial charge is 0.387 e. The molecule has 1 aromatic carbocycles. The Hall–Kier alpha value is -2.68. The lowest BCUT2D eigenvalue weighted by atomic mass is 10.1. The summed E-state index contributed by atoms with van der Waals surface area (Å²) < 4.78 is 40.0. The Morgan fingerprint density at radius 1 is 1.15 bits per heavy atom. The predicted octanol–water partition coefficient (Wildman–Crippen LogP) is 3.32. The summed E-state index contributed by atoms with van der Waals surface area (Å²) in [6.45, 7) is 6.14. The van der Waals surface area contributed by atoms with Gasteiger partial charge in [-0.05, 0) is 26.3 Å². The summed E-state index contributed by atoms with van der Waals surface area (Å²) in [6.07, 6.45) is -5.46. The van der Waals surface area contributed by atoms with Crippen LogP contribution in [-0.2, 0) is 6.18 Å². The number of nitrogens with zero attached hydrogens (tertiary/aromatic N) is 5. The predicted molar refractivity (Wildman–Crippen MR) is 94.5 cm³/mol. The van der Waals surface area contributed by atoms with Gasteiger partial charge < -0.3 is 10.0 Å². The zero-order valence-corrected chi connectivity index (χ0v) is 15.2. The van der Waals surface area contributed by atoms with E-state index in [1.54, 1.807) is 17.9 Å². The monoisotopic (exact) mass is 379 g/mol. The van der Waals surface area contributed by atoms with E-state index in [1.807, 2.05) is 38.1 Å². The van der Waals surface area contributed by atoms with E-state index in [-0.39, 0.29) is 12.3 Å². The van der Waals surface area contributed by atoms with Gasteiger partial charge in [0.25, 0.3) is 11.6 Å². The van der Waals surface area contributed by atoms with Crippen LogP contribution in [0.3, 0.4) is 0 Å². The minimum atomic E-state index is -4.66. The van der Waals surface area contributed by atoms with Crippen molar-refractivity contribution in [3.05, 3.63) is 53.0 Å². The molecule has 144 valence electrons. The Morgan fingerprint density at radius 2 is 1.81 bits per heavy atom. The van der Waals surface area contributed by atoms with Crippen LogP contribution in [0, 0.1) is 13.8 Å². The van der Waals surface area contributed by atoms with E-state index >= 15 is 0 Å². The molecule has 0 fully saturated rings. The average Bonchev–Trinajstić information content (AvgIpc) is 3.03.